The molecule has 1 heterocycles. The highest BCUT2D eigenvalue weighted by atomic mass is 32.1. The lowest BCUT2D eigenvalue weighted by atomic mass is 10.2. The second-order valence-electron chi connectivity index (χ2n) is 3.02. The van der Waals surface area contributed by atoms with Crippen LogP contribution in [0, 0.1) is 18.3 Å². The van der Waals surface area contributed by atoms with Gasteiger partial charge in [-0.15, -0.1) is 11.3 Å². The van der Waals surface area contributed by atoms with Crippen LogP contribution < -0.4 is 0 Å². The summed E-state index contributed by atoms with van der Waals surface area (Å²) < 4.78 is 0. The van der Waals surface area contributed by atoms with E-state index in [0.29, 0.717) is 6.42 Å². The van der Waals surface area contributed by atoms with E-state index < -0.39 is 0 Å². The van der Waals surface area contributed by atoms with Crippen LogP contribution in [-0.4, -0.2) is 4.98 Å². The van der Waals surface area contributed by atoms with Crippen molar-refractivity contribution in [2.24, 2.45) is 0 Å². The van der Waals surface area contributed by atoms with Gasteiger partial charge in [0.25, 0.3) is 0 Å². The Hall–Kier alpha value is -0.880. The Balaban J connectivity index is 2.67. The van der Waals surface area contributed by atoms with Crippen LogP contribution in [0.3, 0.4) is 0 Å². The maximum Gasteiger partial charge on any atom is 0.0930 e. The molecule has 0 N–H and O–H groups in total. The Kier molecular flexibility index (Phi) is 3.91. The van der Waals surface area contributed by atoms with E-state index in [9.17, 15) is 0 Å². The lowest BCUT2D eigenvalue weighted by Gasteiger charge is -1.89. The summed E-state index contributed by atoms with van der Waals surface area (Å²) in [5.74, 6) is 0. The summed E-state index contributed by atoms with van der Waals surface area (Å²) in [4.78, 5) is 5.74. The van der Waals surface area contributed by atoms with E-state index in [2.05, 4.69) is 18.0 Å². The quantitative estimate of drug-likeness (QED) is 0.739. The normalized spacial score (nSPS) is 9.92. The van der Waals surface area contributed by atoms with Crippen LogP contribution in [0.4, 0.5) is 0 Å². The number of aromatic nitrogens is 1. The lowest BCUT2D eigenvalue weighted by Crippen LogP contribution is -1.83. The predicted octanol–water partition coefficient (Wildman–Crippen LogP) is 2.86. The number of hydrogen-bond donors (Lipinski definition) is 0. The molecule has 1 aromatic rings. The lowest BCUT2D eigenvalue weighted by molar-refractivity contribution is 0.901. The van der Waals surface area contributed by atoms with Crippen molar-refractivity contribution < 1.29 is 0 Å². The first-order chi connectivity index (χ1) is 6.27. The SMILES string of the molecule is CCCc1nc(C)c(CCC#N)s1. The minimum absolute atomic E-state index is 0.606. The largest absolute Gasteiger partial charge is 0.246 e. The minimum atomic E-state index is 0.606. The second-order valence-corrected chi connectivity index (χ2v) is 4.19. The van der Waals surface area contributed by atoms with E-state index in [4.69, 9.17) is 5.26 Å². The monoisotopic (exact) mass is 194 g/mol. The smallest absolute Gasteiger partial charge is 0.0930 e. The van der Waals surface area contributed by atoms with Crippen LogP contribution in [0.2, 0.25) is 0 Å². The third kappa shape index (κ3) is 2.82. The number of nitriles is 1. The molecular weight excluding hydrogens is 180 g/mol. The van der Waals surface area contributed by atoms with Gasteiger partial charge in [0.2, 0.25) is 0 Å². The van der Waals surface area contributed by atoms with Crippen LogP contribution in [0.1, 0.15) is 35.3 Å². The van der Waals surface area contributed by atoms with Crippen molar-refractivity contribution in [2.75, 3.05) is 0 Å². The molecule has 0 unspecified atom stereocenters. The van der Waals surface area contributed by atoms with Crippen LogP contribution in [0.5, 0.6) is 0 Å². The van der Waals surface area contributed by atoms with Crippen molar-refractivity contribution >= 4 is 11.3 Å². The minimum Gasteiger partial charge on any atom is -0.246 e. The second kappa shape index (κ2) is 4.98. The molecule has 0 bridgehead atoms. The fraction of sp³-hybridized carbons (Fsp3) is 0.600. The number of rotatable bonds is 4. The maximum absolute atomic E-state index is 8.46. The number of nitrogens with zero attached hydrogens (tertiary/aromatic N) is 2. The van der Waals surface area contributed by atoms with Crippen LogP contribution >= 0.6 is 11.3 Å². The van der Waals surface area contributed by atoms with E-state index in [0.717, 1.165) is 25.0 Å². The van der Waals surface area contributed by atoms with Gasteiger partial charge in [0.15, 0.2) is 0 Å². The first-order valence-electron chi connectivity index (χ1n) is 4.60. The van der Waals surface area contributed by atoms with Crippen LogP contribution in [0.15, 0.2) is 0 Å². The predicted molar refractivity (Wildman–Crippen MR) is 54.8 cm³/mol. The van der Waals surface area contributed by atoms with Gasteiger partial charge in [0.1, 0.15) is 0 Å². The Morgan fingerprint density at radius 2 is 2.23 bits per heavy atom. The number of hydrogen-bond acceptors (Lipinski definition) is 3. The molecule has 13 heavy (non-hydrogen) atoms. The fourth-order valence-corrected chi connectivity index (χ4v) is 2.38. The van der Waals surface area contributed by atoms with Gasteiger partial charge < -0.3 is 0 Å². The van der Waals surface area contributed by atoms with Gasteiger partial charge in [0, 0.05) is 11.3 Å². The summed E-state index contributed by atoms with van der Waals surface area (Å²) in [5.41, 5.74) is 1.11. The van der Waals surface area contributed by atoms with Gasteiger partial charge >= 0.3 is 0 Å². The van der Waals surface area contributed by atoms with Gasteiger partial charge in [0.05, 0.1) is 16.8 Å². The molecule has 0 amide bonds. The van der Waals surface area contributed by atoms with Crippen molar-refractivity contribution in [3.8, 4) is 6.07 Å². The van der Waals surface area contributed by atoms with Gasteiger partial charge in [-0.3, -0.25) is 0 Å². The first-order valence-corrected chi connectivity index (χ1v) is 5.41. The van der Waals surface area contributed by atoms with Gasteiger partial charge in [-0.1, -0.05) is 6.92 Å². The molecule has 1 rings (SSSR count). The Labute approximate surface area is 83.2 Å². The summed E-state index contributed by atoms with van der Waals surface area (Å²) >= 11 is 1.76. The highest BCUT2D eigenvalue weighted by molar-refractivity contribution is 7.11. The molecular formula is C10H14N2S. The van der Waals surface area contributed by atoms with Gasteiger partial charge in [-0.25, -0.2) is 4.98 Å². The van der Waals surface area contributed by atoms with Crippen molar-refractivity contribution in [3.63, 3.8) is 0 Å². The molecule has 3 heteroatoms. The molecule has 0 aliphatic heterocycles. The molecule has 0 saturated heterocycles. The third-order valence-electron chi connectivity index (χ3n) is 1.86. The molecule has 0 fully saturated rings. The number of aryl methyl sites for hydroxylation is 3. The van der Waals surface area contributed by atoms with Gasteiger partial charge in [-0.05, 0) is 26.2 Å². The summed E-state index contributed by atoms with van der Waals surface area (Å²) in [6.07, 6.45) is 3.68. The standard InChI is InChI=1S/C10H14N2S/c1-3-5-10-12-8(2)9(13-10)6-4-7-11/h3-6H2,1-2H3. The molecule has 2 nitrogen and oxygen atoms in total. The molecule has 0 spiro atoms. The summed E-state index contributed by atoms with van der Waals surface area (Å²) in [6.45, 7) is 4.19. The molecule has 0 saturated carbocycles. The van der Waals surface area contributed by atoms with Crippen molar-refractivity contribution in [3.05, 3.63) is 15.6 Å². The average Bonchev–Trinajstić information content (AvgIpc) is 2.44. The Bertz CT molecular complexity index is 309. The topological polar surface area (TPSA) is 36.7 Å². The van der Waals surface area contributed by atoms with E-state index in [1.165, 1.54) is 9.88 Å². The highest BCUT2D eigenvalue weighted by Gasteiger charge is 2.05. The summed E-state index contributed by atoms with van der Waals surface area (Å²) in [7, 11) is 0. The molecule has 0 aromatic carbocycles. The first kappa shape index (κ1) is 10.2. The molecule has 70 valence electrons. The Morgan fingerprint density at radius 3 is 2.85 bits per heavy atom. The van der Waals surface area contributed by atoms with Gasteiger partial charge in [-0.2, -0.15) is 5.26 Å². The zero-order valence-electron chi connectivity index (χ0n) is 8.13. The van der Waals surface area contributed by atoms with E-state index in [1.807, 2.05) is 6.92 Å². The van der Waals surface area contributed by atoms with Crippen molar-refractivity contribution in [1.82, 2.24) is 4.98 Å². The highest BCUT2D eigenvalue weighted by Crippen LogP contribution is 2.20. The maximum atomic E-state index is 8.46. The summed E-state index contributed by atoms with van der Waals surface area (Å²) in [6, 6.07) is 2.16. The molecule has 0 aliphatic carbocycles. The van der Waals surface area contributed by atoms with E-state index in [-0.39, 0.29) is 0 Å². The molecule has 0 radical (unpaired) electrons. The van der Waals surface area contributed by atoms with Crippen LogP contribution in [-0.2, 0) is 12.8 Å². The molecule has 0 aliphatic rings. The average molecular weight is 194 g/mol. The van der Waals surface area contributed by atoms with E-state index >= 15 is 0 Å². The zero-order valence-corrected chi connectivity index (χ0v) is 8.95. The van der Waals surface area contributed by atoms with Crippen molar-refractivity contribution in [1.29, 1.82) is 5.26 Å². The third-order valence-corrected chi connectivity index (χ3v) is 3.14. The molecule has 0 atom stereocenters. The van der Waals surface area contributed by atoms with Crippen molar-refractivity contribution in [2.45, 2.75) is 39.5 Å². The number of thiazole rings is 1. The van der Waals surface area contributed by atoms with Crippen LogP contribution in [0.25, 0.3) is 0 Å². The fourth-order valence-electron chi connectivity index (χ4n) is 1.21. The zero-order chi connectivity index (χ0) is 9.68. The summed E-state index contributed by atoms with van der Waals surface area (Å²) in [5, 5.41) is 9.68. The Morgan fingerprint density at radius 1 is 1.46 bits per heavy atom. The van der Waals surface area contributed by atoms with E-state index in [1.54, 1.807) is 11.3 Å². The molecule has 1 aromatic heterocycles.